The van der Waals surface area contributed by atoms with Gasteiger partial charge < -0.3 is 17.2 Å². The van der Waals surface area contributed by atoms with Crippen LogP contribution in [0.15, 0.2) is 36.5 Å². The van der Waals surface area contributed by atoms with Crippen molar-refractivity contribution >= 4 is 0 Å². The molecule has 0 saturated heterocycles. The summed E-state index contributed by atoms with van der Waals surface area (Å²) in [5, 5.41) is 0. The largest absolute Gasteiger partial charge is 0.326 e. The average Bonchev–Trinajstić information content (AvgIpc) is 2.46. The molecule has 18 heavy (non-hydrogen) atoms. The van der Waals surface area contributed by atoms with Crippen LogP contribution in [0, 0.1) is 0 Å². The van der Waals surface area contributed by atoms with Gasteiger partial charge in [-0.3, -0.25) is 4.98 Å². The summed E-state index contributed by atoms with van der Waals surface area (Å²) in [4.78, 5) is 4.38. The van der Waals surface area contributed by atoms with Gasteiger partial charge in [-0.15, -0.1) is 0 Å². The van der Waals surface area contributed by atoms with Gasteiger partial charge in [-0.1, -0.05) is 18.2 Å². The van der Waals surface area contributed by atoms with E-state index in [1.807, 2.05) is 30.3 Å². The molecule has 0 aliphatic heterocycles. The predicted octanol–water partition coefficient (Wildman–Crippen LogP) is 1.12. The van der Waals surface area contributed by atoms with Crippen LogP contribution in [0.3, 0.4) is 0 Å². The van der Waals surface area contributed by atoms with Gasteiger partial charge in [-0.25, -0.2) is 0 Å². The number of aromatic nitrogens is 1. The average molecular weight is 242 g/mol. The van der Waals surface area contributed by atoms with Crippen LogP contribution >= 0.6 is 0 Å². The molecule has 4 heteroatoms. The minimum absolute atomic E-state index is 0.451. The fourth-order valence-electron chi connectivity index (χ4n) is 2.12. The van der Waals surface area contributed by atoms with Crippen molar-refractivity contribution in [3.63, 3.8) is 0 Å². The molecule has 0 bridgehead atoms. The normalized spacial score (nSPS) is 10.6. The van der Waals surface area contributed by atoms with Crippen LogP contribution in [-0.2, 0) is 19.6 Å². The van der Waals surface area contributed by atoms with Crippen molar-refractivity contribution in [3.05, 3.63) is 53.2 Å². The van der Waals surface area contributed by atoms with E-state index in [1.54, 1.807) is 6.20 Å². The molecular weight excluding hydrogens is 224 g/mol. The Morgan fingerprint density at radius 2 is 1.56 bits per heavy atom. The molecule has 94 valence electrons. The van der Waals surface area contributed by atoms with Crippen LogP contribution in [0.2, 0.25) is 0 Å². The highest BCUT2D eigenvalue weighted by Crippen LogP contribution is 2.27. The van der Waals surface area contributed by atoms with Gasteiger partial charge >= 0.3 is 0 Å². The SMILES string of the molecule is NCc1cc(CN)c(-c2ccccn2)c(CN)c1. The van der Waals surface area contributed by atoms with E-state index >= 15 is 0 Å². The van der Waals surface area contributed by atoms with Gasteiger partial charge in [0, 0.05) is 31.4 Å². The Morgan fingerprint density at radius 3 is 2.00 bits per heavy atom. The first kappa shape index (κ1) is 12.7. The van der Waals surface area contributed by atoms with Crippen molar-refractivity contribution < 1.29 is 0 Å². The molecule has 0 saturated carbocycles. The van der Waals surface area contributed by atoms with Crippen molar-refractivity contribution in [2.45, 2.75) is 19.6 Å². The van der Waals surface area contributed by atoms with Gasteiger partial charge in [0.1, 0.15) is 0 Å². The van der Waals surface area contributed by atoms with Gasteiger partial charge in [0.05, 0.1) is 5.69 Å². The highest BCUT2D eigenvalue weighted by molar-refractivity contribution is 5.68. The maximum Gasteiger partial charge on any atom is 0.0708 e. The quantitative estimate of drug-likeness (QED) is 0.749. The number of rotatable bonds is 4. The molecule has 2 aromatic rings. The number of hydrogen-bond acceptors (Lipinski definition) is 4. The summed E-state index contributed by atoms with van der Waals surface area (Å²) >= 11 is 0. The van der Waals surface area contributed by atoms with Crippen LogP contribution in [-0.4, -0.2) is 4.98 Å². The minimum Gasteiger partial charge on any atom is -0.326 e. The Kier molecular flexibility index (Phi) is 4.04. The third-order valence-electron chi connectivity index (χ3n) is 2.96. The minimum atomic E-state index is 0.451. The maximum atomic E-state index is 5.83. The monoisotopic (exact) mass is 242 g/mol. The van der Waals surface area contributed by atoms with Crippen molar-refractivity contribution in [1.82, 2.24) is 4.98 Å². The van der Waals surface area contributed by atoms with E-state index in [1.165, 1.54) is 0 Å². The number of hydrogen-bond donors (Lipinski definition) is 3. The van der Waals surface area contributed by atoms with Crippen molar-refractivity contribution in [1.29, 1.82) is 0 Å². The summed E-state index contributed by atoms with van der Waals surface area (Å²) in [6.07, 6.45) is 1.77. The molecule has 0 amide bonds. The summed E-state index contributed by atoms with van der Waals surface area (Å²) in [6, 6.07) is 9.88. The molecule has 1 aromatic carbocycles. The molecular formula is C14H18N4. The lowest BCUT2D eigenvalue weighted by Crippen LogP contribution is -2.09. The summed E-state index contributed by atoms with van der Waals surface area (Å²) in [6.45, 7) is 1.39. The first-order chi connectivity index (χ1) is 8.80. The first-order valence-corrected chi connectivity index (χ1v) is 5.96. The molecule has 0 aliphatic rings. The second-order valence-corrected chi connectivity index (χ2v) is 4.12. The second-order valence-electron chi connectivity index (χ2n) is 4.12. The number of nitrogens with zero attached hydrogens (tertiary/aromatic N) is 1. The Morgan fingerprint density at radius 1 is 0.889 bits per heavy atom. The molecule has 0 aliphatic carbocycles. The lowest BCUT2D eigenvalue weighted by Gasteiger charge is -2.14. The van der Waals surface area contributed by atoms with E-state index in [0.717, 1.165) is 27.9 Å². The number of benzene rings is 1. The fourth-order valence-corrected chi connectivity index (χ4v) is 2.12. The molecule has 0 atom stereocenters. The van der Waals surface area contributed by atoms with Crippen LogP contribution in [0.25, 0.3) is 11.3 Å². The summed E-state index contributed by atoms with van der Waals surface area (Å²) in [5.74, 6) is 0. The molecule has 0 fully saturated rings. The number of pyridine rings is 1. The zero-order valence-electron chi connectivity index (χ0n) is 10.3. The molecule has 4 nitrogen and oxygen atoms in total. The van der Waals surface area contributed by atoms with Crippen LogP contribution < -0.4 is 17.2 Å². The molecule has 1 heterocycles. The third kappa shape index (κ3) is 2.41. The van der Waals surface area contributed by atoms with Crippen LogP contribution in [0.5, 0.6) is 0 Å². The van der Waals surface area contributed by atoms with Crippen molar-refractivity contribution in [2.24, 2.45) is 17.2 Å². The lowest BCUT2D eigenvalue weighted by molar-refractivity contribution is 0.988. The topological polar surface area (TPSA) is 91.0 Å². The molecule has 1 aromatic heterocycles. The van der Waals surface area contributed by atoms with Gasteiger partial charge in [0.2, 0.25) is 0 Å². The fraction of sp³-hybridized carbons (Fsp3) is 0.214. The van der Waals surface area contributed by atoms with Crippen molar-refractivity contribution in [2.75, 3.05) is 0 Å². The van der Waals surface area contributed by atoms with Crippen LogP contribution in [0.1, 0.15) is 16.7 Å². The highest BCUT2D eigenvalue weighted by atomic mass is 14.7. The van der Waals surface area contributed by atoms with Crippen LogP contribution in [0.4, 0.5) is 0 Å². The van der Waals surface area contributed by atoms with E-state index in [0.29, 0.717) is 19.6 Å². The van der Waals surface area contributed by atoms with Gasteiger partial charge in [-0.05, 0) is 28.8 Å². The Balaban J connectivity index is 2.64. The third-order valence-corrected chi connectivity index (χ3v) is 2.96. The molecule has 0 spiro atoms. The van der Waals surface area contributed by atoms with E-state index in [2.05, 4.69) is 4.98 Å². The number of nitrogens with two attached hydrogens (primary N) is 3. The smallest absolute Gasteiger partial charge is 0.0708 e. The molecule has 0 unspecified atom stereocenters. The summed E-state index contributed by atoms with van der Waals surface area (Å²) in [7, 11) is 0. The van der Waals surface area contributed by atoms with E-state index in [-0.39, 0.29) is 0 Å². The predicted molar refractivity (Wildman–Crippen MR) is 73.3 cm³/mol. The van der Waals surface area contributed by atoms with Gasteiger partial charge in [-0.2, -0.15) is 0 Å². The Hall–Kier alpha value is -1.75. The second kappa shape index (κ2) is 5.73. The van der Waals surface area contributed by atoms with E-state index in [4.69, 9.17) is 17.2 Å². The zero-order chi connectivity index (χ0) is 13.0. The van der Waals surface area contributed by atoms with E-state index < -0.39 is 0 Å². The van der Waals surface area contributed by atoms with Gasteiger partial charge in [0.15, 0.2) is 0 Å². The zero-order valence-corrected chi connectivity index (χ0v) is 10.3. The van der Waals surface area contributed by atoms with Gasteiger partial charge in [0.25, 0.3) is 0 Å². The highest BCUT2D eigenvalue weighted by Gasteiger charge is 2.11. The first-order valence-electron chi connectivity index (χ1n) is 5.96. The lowest BCUT2D eigenvalue weighted by atomic mass is 9.94. The molecule has 6 N–H and O–H groups in total. The Labute approximate surface area is 107 Å². The summed E-state index contributed by atoms with van der Waals surface area (Å²) in [5.41, 5.74) is 22.4. The summed E-state index contributed by atoms with van der Waals surface area (Å²) < 4.78 is 0. The molecule has 2 rings (SSSR count). The standard InChI is InChI=1S/C14H18N4/c15-7-10-5-11(8-16)14(12(6-10)9-17)13-3-1-2-4-18-13/h1-6H,7-9,15-17H2. The Bertz CT molecular complexity index is 498. The van der Waals surface area contributed by atoms with Crippen molar-refractivity contribution in [3.8, 4) is 11.3 Å². The molecule has 0 radical (unpaired) electrons. The van der Waals surface area contributed by atoms with E-state index in [9.17, 15) is 0 Å². The maximum absolute atomic E-state index is 5.83.